The highest BCUT2D eigenvalue weighted by molar-refractivity contribution is 6.12. The number of rotatable bonds is 5. The van der Waals surface area contributed by atoms with Crippen molar-refractivity contribution < 1.29 is 9.59 Å². The third kappa shape index (κ3) is 2.61. The summed E-state index contributed by atoms with van der Waals surface area (Å²) in [5.41, 5.74) is 0.933. The van der Waals surface area contributed by atoms with Gasteiger partial charge in [-0.2, -0.15) is 5.26 Å². The van der Waals surface area contributed by atoms with Gasteiger partial charge in [0.25, 0.3) is 0 Å². The Labute approximate surface area is 130 Å². The zero-order valence-electron chi connectivity index (χ0n) is 13.6. The van der Waals surface area contributed by atoms with E-state index in [2.05, 4.69) is 11.1 Å². The van der Waals surface area contributed by atoms with E-state index in [9.17, 15) is 14.9 Å². The Hall–Kier alpha value is -2.22. The highest BCUT2D eigenvalue weighted by Gasteiger charge is 2.61. The van der Waals surface area contributed by atoms with Gasteiger partial charge in [-0.1, -0.05) is 25.5 Å². The smallest absolute Gasteiger partial charge is 0.222 e. The van der Waals surface area contributed by atoms with Crippen LogP contribution < -0.4 is 0 Å². The van der Waals surface area contributed by atoms with Crippen LogP contribution in [0.2, 0.25) is 0 Å². The topological polar surface area (TPSA) is 75.8 Å². The molecule has 1 saturated carbocycles. The number of ketones is 2. The molecule has 0 N–H and O–H groups in total. The second-order valence-electron chi connectivity index (χ2n) is 6.76. The zero-order chi connectivity index (χ0) is 16.7. The van der Waals surface area contributed by atoms with Gasteiger partial charge in [0.2, 0.25) is 5.78 Å². The van der Waals surface area contributed by atoms with E-state index in [1.54, 1.807) is 13.2 Å². The van der Waals surface area contributed by atoms with Gasteiger partial charge in [0.1, 0.15) is 0 Å². The summed E-state index contributed by atoms with van der Waals surface area (Å²) < 4.78 is 1.53. The molecule has 116 valence electrons. The van der Waals surface area contributed by atoms with Crippen molar-refractivity contribution in [1.29, 1.82) is 5.26 Å². The minimum absolute atomic E-state index is 0.0926. The molecule has 1 heterocycles. The van der Waals surface area contributed by atoms with Gasteiger partial charge in [-0.3, -0.25) is 9.59 Å². The number of Topliss-reactive ketones (excluding diaryl/α,β-unsaturated/α-hetero) is 2. The largest absolute Gasteiger partial charge is 0.332 e. The summed E-state index contributed by atoms with van der Waals surface area (Å²) in [5, 5.41) is 9.33. The van der Waals surface area contributed by atoms with E-state index >= 15 is 0 Å². The Kier molecular flexibility index (Phi) is 4.06. The first-order valence-electron chi connectivity index (χ1n) is 7.31. The van der Waals surface area contributed by atoms with Crippen LogP contribution >= 0.6 is 0 Å². The Bertz CT molecular complexity index is 687. The molecule has 1 aliphatic carbocycles. The summed E-state index contributed by atoms with van der Waals surface area (Å²) in [6.45, 7) is 7.96. The molecule has 1 aromatic heterocycles. The molecule has 0 aliphatic heterocycles. The number of carbonyl (C=O) groups is 2. The number of hydrogen-bond donors (Lipinski definition) is 0. The molecule has 0 aromatic carbocycles. The van der Waals surface area contributed by atoms with Crippen molar-refractivity contribution in [2.45, 2.75) is 27.7 Å². The highest BCUT2D eigenvalue weighted by atomic mass is 16.2. The summed E-state index contributed by atoms with van der Waals surface area (Å²) in [6.07, 6.45) is 5.17. The summed E-state index contributed by atoms with van der Waals surface area (Å²) in [4.78, 5) is 29.1. The SMILES string of the molecule is CC(C)=C[C@@H]1[C@@H](C(=O)[C@@H](C#N)C(=O)c2nccn2C)C1(C)C. The number of hydrogen-bond acceptors (Lipinski definition) is 4. The van der Waals surface area contributed by atoms with Gasteiger partial charge in [0.05, 0.1) is 6.07 Å². The van der Waals surface area contributed by atoms with Crippen LogP contribution in [0.25, 0.3) is 0 Å². The Morgan fingerprint density at radius 2 is 2.09 bits per heavy atom. The van der Waals surface area contributed by atoms with E-state index in [1.165, 1.54) is 10.8 Å². The molecule has 2 rings (SSSR count). The van der Waals surface area contributed by atoms with Crippen LogP contribution in [-0.2, 0) is 11.8 Å². The van der Waals surface area contributed by atoms with Crippen molar-refractivity contribution in [2.24, 2.45) is 30.2 Å². The normalized spacial score (nSPS) is 23.3. The van der Waals surface area contributed by atoms with E-state index in [0.29, 0.717) is 0 Å². The van der Waals surface area contributed by atoms with E-state index in [1.807, 2.05) is 33.8 Å². The summed E-state index contributed by atoms with van der Waals surface area (Å²) >= 11 is 0. The monoisotopic (exact) mass is 299 g/mol. The minimum atomic E-state index is -1.28. The Balaban J connectivity index is 2.25. The molecule has 3 atom stereocenters. The fourth-order valence-corrected chi connectivity index (χ4v) is 3.05. The second kappa shape index (κ2) is 5.53. The van der Waals surface area contributed by atoms with Gasteiger partial charge < -0.3 is 4.57 Å². The van der Waals surface area contributed by atoms with E-state index < -0.39 is 11.7 Å². The molecule has 0 saturated heterocycles. The van der Waals surface area contributed by atoms with Crippen molar-refractivity contribution in [2.75, 3.05) is 0 Å². The zero-order valence-corrected chi connectivity index (χ0v) is 13.6. The summed E-state index contributed by atoms with van der Waals surface area (Å²) in [5.74, 6) is -2.12. The molecule has 0 unspecified atom stereocenters. The number of aryl methyl sites for hydroxylation is 1. The molecule has 0 bridgehead atoms. The highest BCUT2D eigenvalue weighted by Crippen LogP contribution is 2.60. The van der Waals surface area contributed by atoms with Crippen molar-refractivity contribution in [3.63, 3.8) is 0 Å². The fraction of sp³-hybridized carbons (Fsp3) is 0.529. The maximum Gasteiger partial charge on any atom is 0.222 e. The number of nitrogens with zero attached hydrogens (tertiary/aromatic N) is 3. The van der Waals surface area contributed by atoms with Crippen LogP contribution in [0.1, 0.15) is 38.3 Å². The van der Waals surface area contributed by atoms with Crippen LogP contribution in [0.4, 0.5) is 0 Å². The van der Waals surface area contributed by atoms with Crippen molar-refractivity contribution >= 4 is 11.6 Å². The minimum Gasteiger partial charge on any atom is -0.332 e. The molecule has 1 aromatic rings. The Morgan fingerprint density at radius 1 is 1.45 bits per heavy atom. The third-order valence-electron chi connectivity index (χ3n) is 4.45. The molecule has 1 fully saturated rings. The quantitative estimate of drug-likeness (QED) is 0.475. The fourth-order valence-electron chi connectivity index (χ4n) is 3.05. The number of aromatic nitrogens is 2. The van der Waals surface area contributed by atoms with Crippen LogP contribution in [0, 0.1) is 34.5 Å². The number of allylic oxidation sites excluding steroid dienone is 2. The number of nitriles is 1. The lowest BCUT2D eigenvalue weighted by atomic mass is 9.93. The van der Waals surface area contributed by atoms with Crippen LogP contribution in [0.5, 0.6) is 0 Å². The second-order valence-corrected chi connectivity index (χ2v) is 6.76. The summed E-state index contributed by atoms with van der Waals surface area (Å²) in [6, 6.07) is 1.88. The molecule has 22 heavy (non-hydrogen) atoms. The van der Waals surface area contributed by atoms with Gasteiger partial charge in [0.15, 0.2) is 17.5 Å². The first-order valence-corrected chi connectivity index (χ1v) is 7.31. The van der Waals surface area contributed by atoms with Gasteiger partial charge in [-0.05, 0) is 25.2 Å². The van der Waals surface area contributed by atoms with Gasteiger partial charge in [0, 0.05) is 25.4 Å². The molecule has 1 aliphatic rings. The van der Waals surface area contributed by atoms with Gasteiger partial charge >= 0.3 is 0 Å². The van der Waals surface area contributed by atoms with Gasteiger partial charge in [-0.15, -0.1) is 0 Å². The first kappa shape index (κ1) is 16.2. The third-order valence-corrected chi connectivity index (χ3v) is 4.45. The Morgan fingerprint density at radius 3 is 2.55 bits per heavy atom. The van der Waals surface area contributed by atoms with Crippen LogP contribution in [0.3, 0.4) is 0 Å². The van der Waals surface area contributed by atoms with Crippen molar-refractivity contribution in [3.05, 3.63) is 29.9 Å². The molecule has 0 radical (unpaired) electrons. The standard InChI is InChI=1S/C17H21N3O2/c1-10(2)8-12-13(17(12,3)4)14(21)11(9-18)15(22)16-19-6-7-20(16)5/h6-8,11-13H,1-5H3/t11-,12-,13+/m1/s1. The number of carbonyl (C=O) groups excluding carboxylic acids is 2. The predicted octanol–water partition coefficient (Wildman–Crippen LogP) is 2.55. The van der Waals surface area contributed by atoms with Gasteiger partial charge in [-0.25, -0.2) is 4.98 Å². The average Bonchev–Trinajstić information content (AvgIpc) is 2.76. The van der Waals surface area contributed by atoms with Crippen LogP contribution in [-0.4, -0.2) is 21.1 Å². The molecular weight excluding hydrogens is 278 g/mol. The number of imidazole rings is 1. The lowest BCUT2D eigenvalue weighted by Gasteiger charge is -2.08. The molecular formula is C17H21N3O2. The van der Waals surface area contributed by atoms with E-state index in [0.717, 1.165) is 5.57 Å². The van der Waals surface area contributed by atoms with Crippen molar-refractivity contribution in [3.8, 4) is 6.07 Å². The first-order chi connectivity index (χ1) is 10.2. The average molecular weight is 299 g/mol. The molecule has 5 heteroatoms. The van der Waals surface area contributed by atoms with E-state index in [-0.39, 0.29) is 28.9 Å². The van der Waals surface area contributed by atoms with Crippen molar-refractivity contribution in [1.82, 2.24) is 9.55 Å². The lowest BCUT2D eigenvalue weighted by Crippen LogP contribution is -2.27. The summed E-state index contributed by atoms with van der Waals surface area (Å²) in [7, 11) is 1.67. The maximum atomic E-state index is 12.7. The molecule has 0 spiro atoms. The molecule has 5 nitrogen and oxygen atoms in total. The predicted molar refractivity (Wildman–Crippen MR) is 81.8 cm³/mol. The van der Waals surface area contributed by atoms with Crippen LogP contribution in [0.15, 0.2) is 24.0 Å². The van der Waals surface area contributed by atoms with E-state index in [4.69, 9.17) is 0 Å². The lowest BCUT2D eigenvalue weighted by molar-refractivity contribution is -0.122. The maximum absolute atomic E-state index is 12.7. The molecule has 0 amide bonds.